The number of benzene rings is 2. The number of aromatic nitrogens is 1. The van der Waals surface area contributed by atoms with E-state index in [9.17, 15) is 4.79 Å². The van der Waals surface area contributed by atoms with E-state index >= 15 is 0 Å². The van der Waals surface area contributed by atoms with Crippen molar-refractivity contribution in [2.45, 2.75) is 25.4 Å². The van der Waals surface area contributed by atoms with E-state index in [1.54, 1.807) is 6.20 Å². The van der Waals surface area contributed by atoms with Gasteiger partial charge in [-0.15, -0.1) is 0 Å². The Bertz CT molecular complexity index is 1180. The molecule has 5 rings (SSSR count). The summed E-state index contributed by atoms with van der Waals surface area (Å²) in [6.07, 6.45) is 2.51. The maximum Gasteiger partial charge on any atom is 0.260 e. The zero-order valence-electron chi connectivity index (χ0n) is 18.6. The predicted molar refractivity (Wildman–Crippen MR) is 130 cm³/mol. The smallest absolute Gasteiger partial charge is 0.260 e. The van der Waals surface area contributed by atoms with Gasteiger partial charge in [0, 0.05) is 12.7 Å². The van der Waals surface area contributed by atoms with Crippen LogP contribution in [0, 0.1) is 6.92 Å². The number of rotatable bonds is 5. The van der Waals surface area contributed by atoms with E-state index in [1.165, 1.54) is 0 Å². The summed E-state index contributed by atoms with van der Waals surface area (Å²) in [5, 5.41) is 7.07. The Kier molecular flexibility index (Phi) is 5.69. The van der Waals surface area contributed by atoms with Gasteiger partial charge < -0.3 is 20.3 Å². The molecular weight excluding hydrogens is 414 g/mol. The number of likely N-dealkylation sites (tertiary alicyclic amines) is 1. The number of carbonyl (C=O) groups is 1. The van der Waals surface area contributed by atoms with Crippen LogP contribution in [-0.4, -0.2) is 46.9 Å². The van der Waals surface area contributed by atoms with Crippen LogP contribution in [0.4, 0.5) is 11.5 Å². The molecule has 0 aliphatic carbocycles. The number of nitrogens with zero attached hydrogens (tertiary/aromatic N) is 3. The quantitative estimate of drug-likeness (QED) is 0.628. The molecule has 1 atom stereocenters. The van der Waals surface area contributed by atoms with Crippen LogP contribution in [0.25, 0.3) is 0 Å². The van der Waals surface area contributed by atoms with Gasteiger partial charge in [-0.2, -0.15) is 0 Å². The summed E-state index contributed by atoms with van der Waals surface area (Å²) in [7, 11) is 0. The summed E-state index contributed by atoms with van der Waals surface area (Å²) in [5.41, 5.74) is 2.58. The highest BCUT2D eigenvalue weighted by atomic mass is 16.5. The van der Waals surface area contributed by atoms with Crippen molar-refractivity contribution in [2.24, 2.45) is 4.99 Å². The maximum absolute atomic E-state index is 13.0. The third kappa shape index (κ3) is 4.39. The van der Waals surface area contributed by atoms with Gasteiger partial charge in [0.15, 0.2) is 12.4 Å². The number of anilines is 2. The Morgan fingerprint density at radius 1 is 1.12 bits per heavy atom. The lowest BCUT2D eigenvalue weighted by atomic mass is 9.93. The molecule has 2 aromatic carbocycles. The van der Waals surface area contributed by atoms with E-state index in [2.05, 4.69) is 27.8 Å². The number of amides is 1. The molecule has 1 unspecified atom stereocenters. The minimum absolute atomic E-state index is 0.0169. The van der Waals surface area contributed by atoms with Crippen molar-refractivity contribution >= 4 is 23.2 Å². The second kappa shape index (κ2) is 8.94. The molecule has 1 saturated heterocycles. The van der Waals surface area contributed by atoms with Crippen LogP contribution >= 0.6 is 0 Å². The average molecular weight is 442 g/mol. The molecule has 3 aromatic rings. The fourth-order valence-electron chi connectivity index (χ4n) is 4.37. The van der Waals surface area contributed by atoms with E-state index in [-0.39, 0.29) is 12.5 Å². The van der Waals surface area contributed by atoms with Gasteiger partial charge in [-0.25, -0.2) is 4.98 Å². The zero-order chi connectivity index (χ0) is 22.7. The van der Waals surface area contributed by atoms with Gasteiger partial charge in [-0.1, -0.05) is 48.5 Å². The number of pyridine rings is 1. The molecule has 3 heterocycles. The Morgan fingerprint density at radius 2 is 1.94 bits per heavy atom. The average Bonchev–Trinajstić information content (AvgIpc) is 3.27. The number of amidine groups is 1. The molecule has 7 nitrogen and oxygen atoms in total. The van der Waals surface area contributed by atoms with Crippen molar-refractivity contribution in [3.63, 3.8) is 0 Å². The maximum atomic E-state index is 13.0. The summed E-state index contributed by atoms with van der Waals surface area (Å²) in [6.45, 7) is 3.69. The number of para-hydroxylation sites is 1. The summed E-state index contributed by atoms with van der Waals surface area (Å²) in [4.78, 5) is 24.2. The normalized spacial score (nSPS) is 20.3. The zero-order valence-corrected chi connectivity index (χ0v) is 18.6. The number of fused-ring (bicyclic) bond motifs is 1. The van der Waals surface area contributed by atoms with Crippen LogP contribution in [0.5, 0.6) is 5.75 Å². The predicted octanol–water partition coefficient (Wildman–Crippen LogP) is 3.88. The van der Waals surface area contributed by atoms with Crippen molar-refractivity contribution < 1.29 is 9.53 Å². The monoisotopic (exact) mass is 441 g/mol. The van der Waals surface area contributed by atoms with Crippen molar-refractivity contribution in [1.29, 1.82) is 0 Å². The first-order chi connectivity index (χ1) is 16.1. The molecule has 1 spiro atoms. The van der Waals surface area contributed by atoms with Gasteiger partial charge in [0.2, 0.25) is 0 Å². The highest BCUT2D eigenvalue weighted by Gasteiger charge is 2.47. The fourth-order valence-corrected chi connectivity index (χ4v) is 4.37. The first kappa shape index (κ1) is 21.0. The van der Waals surface area contributed by atoms with Crippen molar-refractivity contribution in [1.82, 2.24) is 9.88 Å². The lowest BCUT2D eigenvalue weighted by Crippen LogP contribution is -2.55. The highest BCUT2D eigenvalue weighted by Crippen LogP contribution is 2.35. The molecule has 1 amide bonds. The van der Waals surface area contributed by atoms with Crippen LogP contribution in [0.2, 0.25) is 0 Å². The lowest BCUT2D eigenvalue weighted by Gasteiger charge is -2.38. The van der Waals surface area contributed by atoms with E-state index in [0.29, 0.717) is 19.6 Å². The van der Waals surface area contributed by atoms with Gasteiger partial charge in [0.25, 0.3) is 5.91 Å². The third-order valence-electron chi connectivity index (χ3n) is 6.20. The number of aliphatic imine (C=N–C) groups is 1. The highest BCUT2D eigenvalue weighted by molar-refractivity contribution is 6.09. The van der Waals surface area contributed by atoms with E-state index < -0.39 is 5.54 Å². The fraction of sp³-hybridized carbons (Fsp3) is 0.269. The Morgan fingerprint density at radius 3 is 2.79 bits per heavy atom. The molecule has 7 heteroatoms. The van der Waals surface area contributed by atoms with E-state index in [1.807, 2.05) is 66.4 Å². The van der Waals surface area contributed by atoms with Crippen LogP contribution in [0.3, 0.4) is 0 Å². The minimum Gasteiger partial charge on any atom is -0.484 e. The van der Waals surface area contributed by atoms with Gasteiger partial charge in [-0.3, -0.25) is 9.79 Å². The van der Waals surface area contributed by atoms with Crippen molar-refractivity contribution in [3.05, 3.63) is 84.1 Å². The standard InChI is InChI=1S/C26H27N5O2/c1-19-8-5-6-12-22(19)33-17-23(32)31-15-13-26(18-31)25(28-16-20-9-3-2-4-10-20)29-24-21(30-26)11-7-14-27-24/h2-12,14,30H,13,15-18H2,1H3,(H,27,28,29). The minimum atomic E-state index is -0.483. The molecule has 0 saturated carbocycles. The summed E-state index contributed by atoms with van der Waals surface area (Å²) in [6, 6.07) is 21.8. The molecule has 0 bridgehead atoms. The first-order valence-electron chi connectivity index (χ1n) is 11.2. The Labute approximate surface area is 193 Å². The molecule has 168 valence electrons. The molecular formula is C26H27N5O2. The molecule has 2 aliphatic heterocycles. The number of aryl methyl sites for hydroxylation is 1. The second-order valence-electron chi connectivity index (χ2n) is 8.50. The van der Waals surface area contributed by atoms with Gasteiger partial charge >= 0.3 is 0 Å². The van der Waals surface area contributed by atoms with Crippen LogP contribution < -0.4 is 15.4 Å². The Balaban J connectivity index is 1.34. The van der Waals surface area contributed by atoms with Crippen LogP contribution in [-0.2, 0) is 11.3 Å². The van der Waals surface area contributed by atoms with Crippen LogP contribution in [0.1, 0.15) is 17.5 Å². The number of hydrogen-bond acceptors (Lipinski definition) is 5. The van der Waals surface area contributed by atoms with Gasteiger partial charge in [0.1, 0.15) is 17.1 Å². The topological polar surface area (TPSA) is 78.8 Å². The lowest BCUT2D eigenvalue weighted by molar-refractivity contribution is -0.132. The van der Waals surface area contributed by atoms with Crippen molar-refractivity contribution in [2.75, 3.05) is 30.3 Å². The molecule has 1 fully saturated rings. The van der Waals surface area contributed by atoms with Crippen molar-refractivity contribution in [3.8, 4) is 5.75 Å². The summed E-state index contributed by atoms with van der Waals surface area (Å²) in [5.74, 6) is 2.27. The molecule has 1 aromatic heterocycles. The Hall–Kier alpha value is -3.87. The molecule has 0 radical (unpaired) electrons. The first-order valence-corrected chi connectivity index (χ1v) is 11.2. The summed E-state index contributed by atoms with van der Waals surface area (Å²) < 4.78 is 5.81. The number of ether oxygens (including phenoxy) is 1. The largest absolute Gasteiger partial charge is 0.484 e. The number of hydrogen-bond donors (Lipinski definition) is 2. The molecule has 33 heavy (non-hydrogen) atoms. The van der Waals surface area contributed by atoms with E-state index in [4.69, 9.17) is 9.73 Å². The summed E-state index contributed by atoms with van der Waals surface area (Å²) >= 11 is 0. The number of nitrogens with one attached hydrogen (secondary N) is 2. The van der Waals surface area contributed by atoms with E-state index in [0.717, 1.165) is 40.6 Å². The van der Waals surface area contributed by atoms with Gasteiger partial charge in [0.05, 0.1) is 18.8 Å². The molecule has 2 N–H and O–H groups in total. The van der Waals surface area contributed by atoms with Gasteiger partial charge in [-0.05, 0) is 42.7 Å². The van der Waals surface area contributed by atoms with Crippen LogP contribution in [0.15, 0.2) is 77.9 Å². The molecule has 2 aliphatic rings. The number of carbonyl (C=O) groups excluding carboxylic acids is 1. The SMILES string of the molecule is Cc1ccccc1OCC(=O)N1CCC2(C1)Nc1cccnc1NC2=NCc1ccccc1. The second-order valence-corrected chi connectivity index (χ2v) is 8.50. The third-order valence-corrected chi connectivity index (χ3v) is 6.20.